The van der Waals surface area contributed by atoms with Gasteiger partial charge in [0.05, 0.1) is 23.7 Å². The summed E-state index contributed by atoms with van der Waals surface area (Å²) in [4.78, 5) is 13.0. The van der Waals surface area contributed by atoms with Gasteiger partial charge in [-0.05, 0) is 61.4 Å². The molecule has 0 bridgehead atoms. The number of nitrogens with zero attached hydrogens (tertiary/aromatic N) is 1. The summed E-state index contributed by atoms with van der Waals surface area (Å²) < 4.78 is 39.6. The third-order valence-corrected chi connectivity index (χ3v) is 7.62. The highest BCUT2D eigenvalue weighted by atomic mass is 35.5. The maximum absolute atomic E-state index is 13.4. The average Bonchev–Trinajstić information content (AvgIpc) is 2.83. The van der Waals surface area contributed by atoms with Crippen LogP contribution in [-0.2, 0) is 14.8 Å². The van der Waals surface area contributed by atoms with Crippen LogP contribution in [0.2, 0.25) is 5.02 Å². The normalized spacial score (nSPS) is 15.3. The van der Waals surface area contributed by atoms with Crippen molar-refractivity contribution in [2.45, 2.75) is 24.8 Å². The number of sulfonamides is 1. The fourth-order valence-corrected chi connectivity index (χ4v) is 5.22. The standard InChI is InChI=1S/C25H25ClN2O5S/c1-17-8-11-23-22(14-17)28(34(30,31)20-6-4-3-5-7-20)16-24(33-23)25(29)27-12-13-32-19-10-9-18(2)21(26)15-19/h3-11,14-15,24H,12-13,16H2,1-2H3,(H,27,29)/t24-/m0/s1. The van der Waals surface area contributed by atoms with Crippen LogP contribution >= 0.6 is 11.6 Å². The van der Waals surface area contributed by atoms with Gasteiger partial charge in [-0.1, -0.05) is 41.9 Å². The van der Waals surface area contributed by atoms with Crippen LogP contribution in [0.5, 0.6) is 11.5 Å². The third kappa shape index (κ3) is 5.13. The number of nitrogens with one attached hydrogen (secondary N) is 1. The van der Waals surface area contributed by atoms with Crippen LogP contribution in [0.25, 0.3) is 0 Å². The molecule has 0 unspecified atom stereocenters. The Balaban J connectivity index is 1.47. The number of rotatable bonds is 7. The first-order valence-corrected chi connectivity index (χ1v) is 12.6. The van der Waals surface area contributed by atoms with E-state index in [1.54, 1.807) is 42.5 Å². The zero-order valence-corrected chi connectivity index (χ0v) is 20.4. The van der Waals surface area contributed by atoms with E-state index in [0.29, 0.717) is 22.2 Å². The summed E-state index contributed by atoms with van der Waals surface area (Å²) in [7, 11) is -3.89. The van der Waals surface area contributed by atoms with Crippen molar-refractivity contribution in [1.29, 1.82) is 0 Å². The van der Waals surface area contributed by atoms with Gasteiger partial charge in [0.1, 0.15) is 18.1 Å². The summed E-state index contributed by atoms with van der Waals surface area (Å²) in [5.74, 6) is 0.510. The topological polar surface area (TPSA) is 84.9 Å². The lowest BCUT2D eigenvalue weighted by molar-refractivity contribution is -0.127. The number of hydrogen-bond donors (Lipinski definition) is 1. The lowest BCUT2D eigenvalue weighted by atomic mass is 10.1. The molecule has 0 saturated heterocycles. The maximum Gasteiger partial charge on any atom is 0.264 e. The van der Waals surface area contributed by atoms with Gasteiger partial charge in [-0.15, -0.1) is 0 Å². The molecule has 3 aromatic rings. The molecule has 4 rings (SSSR count). The molecule has 0 aromatic heterocycles. The highest BCUT2D eigenvalue weighted by Gasteiger charge is 2.37. The molecule has 1 heterocycles. The van der Waals surface area contributed by atoms with Crippen molar-refractivity contribution in [3.63, 3.8) is 0 Å². The van der Waals surface area contributed by atoms with E-state index in [9.17, 15) is 13.2 Å². The van der Waals surface area contributed by atoms with Crippen molar-refractivity contribution >= 4 is 33.2 Å². The molecule has 0 saturated carbocycles. The minimum atomic E-state index is -3.89. The van der Waals surface area contributed by atoms with Crippen LogP contribution in [-0.4, -0.2) is 40.1 Å². The Morgan fingerprint density at radius 1 is 1.12 bits per heavy atom. The Kier molecular flexibility index (Phi) is 7.00. The molecule has 0 fully saturated rings. The molecular weight excluding hydrogens is 476 g/mol. The van der Waals surface area contributed by atoms with E-state index in [4.69, 9.17) is 21.1 Å². The van der Waals surface area contributed by atoms with Gasteiger partial charge in [0, 0.05) is 5.02 Å². The molecule has 0 spiro atoms. The quantitative estimate of drug-likeness (QED) is 0.493. The predicted molar refractivity (Wildman–Crippen MR) is 131 cm³/mol. The third-order valence-electron chi connectivity index (χ3n) is 5.42. The first-order valence-electron chi connectivity index (χ1n) is 10.8. The Labute approximate surface area is 204 Å². The van der Waals surface area contributed by atoms with E-state index >= 15 is 0 Å². The molecule has 0 aliphatic carbocycles. The van der Waals surface area contributed by atoms with Crippen molar-refractivity contribution in [2.24, 2.45) is 0 Å². The van der Waals surface area contributed by atoms with Gasteiger partial charge in [0.25, 0.3) is 15.9 Å². The molecule has 1 amide bonds. The number of hydrogen-bond acceptors (Lipinski definition) is 5. The van der Waals surface area contributed by atoms with Crippen molar-refractivity contribution in [3.8, 4) is 11.5 Å². The number of carbonyl (C=O) groups is 1. The van der Waals surface area contributed by atoms with Gasteiger partial charge in [-0.3, -0.25) is 9.10 Å². The Bertz CT molecular complexity index is 1300. The fourth-order valence-electron chi connectivity index (χ4n) is 3.57. The number of amides is 1. The smallest absolute Gasteiger partial charge is 0.264 e. The van der Waals surface area contributed by atoms with Gasteiger partial charge in [-0.25, -0.2) is 8.42 Å². The Morgan fingerprint density at radius 3 is 2.62 bits per heavy atom. The highest BCUT2D eigenvalue weighted by Crippen LogP contribution is 2.37. The number of fused-ring (bicyclic) bond motifs is 1. The molecule has 178 valence electrons. The highest BCUT2D eigenvalue weighted by molar-refractivity contribution is 7.92. The second-order valence-electron chi connectivity index (χ2n) is 7.98. The zero-order valence-electron chi connectivity index (χ0n) is 18.8. The number of benzene rings is 3. The van der Waals surface area contributed by atoms with Crippen molar-refractivity contribution in [2.75, 3.05) is 24.0 Å². The second-order valence-corrected chi connectivity index (χ2v) is 10.2. The minimum Gasteiger partial charge on any atom is -0.492 e. The molecule has 7 nitrogen and oxygen atoms in total. The van der Waals surface area contributed by atoms with Crippen LogP contribution in [0.15, 0.2) is 71.6 Å². The number of ether oxygens (including phenoxy) is 2. The number of anilines is 1. The van der Waals surface area contributed by atoms with Gasteiger partial charge in [-0.2, -0.15) is 0 Å². The van der Waals surface area contributed by atoms with E-state index < -0.39 is 22.0 Å². The van der Waals surface area contributed by atoms with Crippen molar-refractivity contribution in [1.82, 2.24) is 5.32 Å². The molecule has 34 heavy (non-hydrogen) atoms. The van der Waals surface area contributed by atoms with E-state index in [0.717, 1.165) is 11.1 Å². The molecule has 9 heteroatoms. The van der Waals surface area contributed by atoms with Gasteiger partial charge < -0.3 is 14.8 Å². The molecule has 1 aliphatic heterocycles. The molecule has 1 atom stereocenters. The average molecular weight is 501 g/mol. The first kappa shape index (κ1) is 23.9. The summed E-state index contributed by atoms with van der Waals surface area (Å²) in [5, 5.41) is 3.36. The predicted octanol–water partition coefficient (Wildman–Crippen LogP) is 4.11. The molecular formula is C25H25ClN2O5S. The van der Waals surface area contributed by atoms with E-state index in [1.165, 1.54) is 16.4 Å². The van der Waals surface area contributed by atoms with Crippen LogP contribution < -0.4 is 19.1 Å². The molecule has 0 radical (unpaired) electrons. The van der Waals surface area contributed by atoms with E-state index in [2.05, 4.69) is 5.32 Å². The minimum absolute atomic E-state index is 0.145. The lowest BCUT2D eigenvalue weighted by Crippen LogP contribution is -2.51. The number of carbonyl (C=O) groups excluding carboxylic acids is 1. The van der Waals surface area contributed by atoms with E-state index in [-0.39, 0.29) is 24.6 Å². The monoisotopic (exact) mass is 500 g/mol. The van der Waals surface area contributed by atoms with Gasteiger partial charge >= 0.3 is 0 Å². The Morgan fingerprint density at radius 2 is 1.88 bits per heavy atom. The van der Waals surface area contributed by atoms with Crippen molar-refractivity contribution in [3.05, 3.63) is 82.9 Å². The SMILES string of the molecule is Cc1ccc2c(c1)N(S(=O)(=O)c1ccccc1)C[C@@H](C(=O)NCCOc1ccc(C)c(Cl)c1)O2. The summed E-state index contributed by atoms with van der Waals surface area (Å²) >= 11 is 6.10. The van der Waals surface area contributed by atoms with Crippen LogP contribution in [0.4, 0.5) is 5.69 Å². The largest absolute Gasteiger partial charge is 0.492 e. The van der Waals surface area contributed by atoms with E-state index in [1.807, 2.05) is 26.0 Å². The zero-order chi connectivity index (χ0) is 24.3. The van der Waals surface area contributed by atoms with Crippen molar-refractivity contribution < 1.29 is 22.7 Å². The number of halogens is 1. The summed E-state index contributed by atoms with van der Waals surface area (Å²) in [6, 6.07) is 18.7. The molecule has 1 N–H and O–H groups in total. The van der Waals surface area contributed by atoms with Crippen LogP contribution in [0.3, 0.4) is 0 Å². The molecule has 1 aliphatic rings. The Hall–Kier alpha value is -3.23. The van der Waals surface area contributed by atoms with Gasteiger partial charge in [0.2, 0.25) is 0 Å². The van der Waals surface area contributed by atoms with Crippen LogP contribution in [0, 0.1) is 13.8 Å². The summed E-state index contributed by atoms with van der Waals surface area (Å²) in [6.07, 6.45) is -1.01. The first-order chi connectivity index (χ1) is 16.3. The summed E-state index contributed by atoms with van der Waals surface area (Å²) in [6.45, 7) is 4.06. The fraction of sp³-hybridized carbons (Fsp3) is 0.240. The van der Waals surface area contributed by atoms with Crippen LogP contribution in [0.1, 0.15) is 11.1 Å². The second kappa shape index (κ2) is 9.95. The summed E-state index contributed by atoms with van der Waals surface area (Å²) in [5.41, 5.74) is 2.24. The maximum atomic E-state index is 13.4. The van der Waals surface area contributed by atoms with Gasteiger partial charge in [0.15, 0.2) is 6.10 Å². The molecule has 3 aromatic carbocycles. The number of aryl methyl sites for hydroxylation is 2. The lowest BCUT2D eigenvalue weighted by Gasteiger charge is -2.35.